The van der Waals surface area contributed by atoms with Gasteiger partial charge < -0.3 is 21.1 Å². The van der Waals surface area contributed by atoms with Crippen molar-refractivity contribution in [2.75, 3.05) is 0 Å². The van der Waals surface area contributed by atoms with Crippen molar-refractivity contribution in [3.8, 4) is 17.2 Å². The van der Waals surface area contributed by atoms with E-state index in [1.54, 1.807) is 12.1 Å². The van der Waals surface area contributed by atoms with E-state index in [1.165, 1.54) is 30.3 Å². The number of benzene rings is 2. The minimum atomic E-state index is -0.546. The Morgan fingerprint density at radius 2 is 1.55 bits per heavy atom. The Hall–Kier alpha value is -2.95. The largest absolute Gasteiger partial charge is 0.508 e. The van der Waals surface area contributed by atoms with E-state index >= 15 is 0 Å². The number of phenols is 3. The molecule has 0 aliphatic carbocycles. The van der Waals surface area contributed by atoms with E-state index in [0.717, 1.165) is 6.07 Å². The molecule has 5 N–H and O–H groups in total. The number of Topliss-reactive ketones (excluding diaryl/α,β-unsaturated/α-hetero) is 1. The second-order valence-electron chi connectivity index (χ2n) is 4.22. The van der Waals surface area contributed by atoms with Crippen LogP contribution in [0.3, 0.4) is 0 Å². The van der Waals surface area contributed by atoms with Gasteiger partial charge in [0, 0.05) is 6.07 Å². The summed E-state index contributed by atoms with van der Waals surface area (Å²) in [6.07, 6.45) is 1.44. The van der Waals surface area contributed by atoms with Crippen LogP contribution in [0.1, 0.15) is 15.9 Å². The summed E-state index contributed by atoms with van der Waals surface area (Å²) < 4.78 is 0. The molecule has 0 aliphatic rings. The highest BCUT2D eigenvalue weighted by Gasteiger charge is 2.14. The first-order valence-electron chi connectivity index (χ1n) is 5.80. The van der Waals surface area contributed by atoms with Gasteiger partial charge >= 0.3 is 0 Å². The molecule has 0 saturated heterocycles. The van der Waals surface area contributed by atoms with E-state index in [9.17, 15) is 15.0 Å². The summed E-state index contributed by atoms with van der Waals surface area (Å²) in [5, 5.41) is 28.0. The lowest BCUT2D eigenvalue weighted by atomic mass is 10.1. The zero-order valence-electron chi connectivity index (χ0n) is 10.4. The smallest absolute Gasteiger partial charge is 0.212 e. The van der Waals surface area contributed by atoms with Crippen LogP contribution in [-0.4, -0.2) is 21.1 Å². The van der Waals surface area contributed by atoms with Crippen LogP contribution < -0.4 is 5.73 Å². The zero-order chi connectivity index (χ0) is 14.7. The normalized spacial score (nSPS) is 11.3. The van der Waals surface area contributed by atoms with E-state index < -0.39 is 5.78 Å². The topological polar surface area (TPSA) is 104 Å². The molecule has 0 amide bonds. The van der Waals surface area contributed by atoms with Crippen molar-refractivity contribution < 1.29 is 20.1 Å². The number of rotatable bonds is 3. The standard InChI is InChI=1S/C15H13NO4/c16-13(7-9-1-3-10(17)4-2-9)15(20)12-6-5-11(18)8-14(12)19/h1-8,17-19H,16H2/b13-7-. The van der Waals surface area contributed by atoms with Gasteiger partial charge in [-0.25, -0.2) is 0 Å². The minimum absolute atomic E-state index is 0.00956. The van der Waals surface area contributed by atoms with Crippen LogP contribution >= 0.6 is 0 Å². The Morgan fingerprint density at radius 1 is 0.950 bits per heavy atom. The average molecular weight is 271 g/mol. The number of ketones is 1. The molecule has 0 bridgehead atoms. The summed E-state index contributed by atoms with van der Waals surface area (Å²) in [6.45, 7) is 0. The fourth-order valence-electron chi connectivity index (χ4n) is 1.68. The summed E-state index contributed by atoms with van der Waals surface area (Å²) >= 11 is 0. The Labute approximate surface area is 115 Å². The maximum Gasteiger partial charge on any atom is 0.212 e. The number of hydrogen-bond acceptors (Lipinski definition) is 5. The number of allylic oxidation sites excluding steroid dienone is 1. The third kappa shape index (κ3) is 2.89. The van der Waals surface area contributed by atoms with E-state index in [4.69, 9.17) is 10.8 Å². The van der Waals surface area contributed by atoms with Crippen LogP contribution in [0.2, 0.25) is 0 Å². The molecule has 20 heavy (non-hydrogen) atoms. The first-order valence-corrected chi connectivity index (χ1v) is 5.80. The summed E-state index contributed by atoms with van der Waals surface area (Å²) in [5.74, 6) is -0.906. The molecule has 0 heterocycles. The van der Waals surface area contributed by atoms with E-state index in [1.807, 2.05) is 0 Å². The number of aromatic hydroxyl groups is 3. The number of nitrogens with two attached hydrogens (primary N) is 1. The maximum atomic E-state index is 12.1. The van der Waals surface area contributed by atoms with E-state index in [0.29, 0.717) is 5.56 Å². The molecule has 5 nitrogen and oxygen atoms in total. The van der Waals surface area contributed by atoms with Gasteiger partial charge in [0.1, 0.15) is 17.2 Å². The average Bonchev–Trinajstić information content (AvgIpc) is 2.40. The second-order valence-corrected chi connectivity index (χ2v) is 4.22. The lowest BCUT2D eigenvalue weighted by molar-refractivity contribution is 0.103. The van der Waals surface area contributed by atoms with Crippen molar-refractivity contribution in [1.29, 1.82) is 0 Å². The first kappa shape index (κ1) is 13.5. The predicted molar refractivity (Wildman–Crippen MR) is 74.4 cm³/mol. The van der Waals surface area contributed by atoms with Crippen molar-refractivity contribution >= 4 is 11.9 Å². The highest BCUT2D eigenvalue weighted by Crippen LogP contribution is 2.24. The fraction of sp³-hybridized carbons (Fsp3) is 0. The molecule has 2 aromatic carbocycles. The second kappa shape index (κ2) is 5.36. The maximum absolute atomic E-state index is 12.1. The molecule has 0 aliphatic heterocycles. The van der Waals surface area contributed by atoms with Gasteiger partial charge in [-0.05, 0) is 35.9 Å². The molecule has 0 aromatic heterocycles. The van der Waals surface area contributed by atoms with Crippen LogP contribution in [0, 0.1) is 0 Å². The Balaban J connectivity index is 2.30. The fourth-order valence-corrected chi connectivity index (χ4v) is 1.68. The number of carbonyl (C=O) groups excluding carboxylic acids is 1. The highest BCUT2D eigenvalue weighted by molar-refractivity contribution is 6.12. The molecule has 0 atom stereocenters. The number of phenolic OH excluding ortho intramolecular Hbond substituents is 3. The molecule has 0 unspecified atom stereocenters. The van der Waals surface area contributed by atoms with Crippen LogP contribution in [0.5, 0.6) is 17.2 Å². The Bertz CT molecular complexity index is 675. The van der Waals surface area contributed by atoms with E-state index in [-0.39, 0.29) is 28.5 Å². The van der Waals surface area contributed by atoms with Crippen LogP contribution in [-0.2, 0) is 0 Å². The zero-order valence-corrected chi connectivity index (χ0v) is 10.4. The number of carbonyl (C=O) groups is 1. The lowest BCUT2D eigenvalue weighted by Crippen LogP contribution is -2.11. The van der Waals surface area contributed by atoms with Gasteiger partial charge in [0.25, 0.3) is 0 Å². The van der Waals surface area contributed by atoms with Gasteiger partial charge in [-0.15, -0.1) is 0 Å². The Morgan fingerprint density at radius 3 is 2.15 bits per heavy atom. The van der Waals surface area contributed by atoms with Crippen molar-refractivity contribution in [1.82, 2.24) is 0 Å². The van der Waals surface area contributed by atoms with Crippen molar-refractivity contribution in [2.24, 2.45) is 5.73 Å². The van der Waals surface area contributed by atoms with Crippen LogP contribution in [0.4, 0.5) is 0 Å². The lowest BCUT2D eigenvalue weighted by Gasteiger charge is -2.05. The third-order valence-corrected chi connectivity index (χ3v) is 2.70. The molecule has 2 rings (SSSR count). The molecule has 0 saturated carbocycles. The monoisotopic (exact) mass is 271 g/mol. The van der Waals surface area contributed by atoms with Gasteiger partial charge in [-0.2, -0.15) is 0 Å². The SMILES string of the molecule is N/C(=C\c1ccc(O)cc1)C(=O)c1ccc(O)cc1O. The quantitative estimate of drug-likeness (QED) is 0.505. The molecule has 102 valence electrons. The minimum Gasteiger partial charge on any atom is -0.508 e. The van der Waals surface area contributed by atoms with Crippen molar-refractivity contribution in [2.45, 2.75) is 0 Å². The van der Waals surface area contributed by atoms with Gasteiger partial charge in [-0.3, -0.25) is 4.79 Å². The molecular formula is C15H13NO4. The molecule has 2 aromatic rings. The summed E-state index contributed by atoms with van der Waals surface area (Å²) in [5.41, 5.74) is 6.30. The van der Waals surface area contributed by atoms with Gasteiger partial charge in [0.15, 0.2) is 0 Å². The van der Waals surface area contributed by atoms with Gasteiger partial charge in [-0.1, -0.05) is 12.1 Å². The highest BCUT2D eigenvalue weighted by atomic mass is 16.3. The molecular weight excluding hydrogens is 258 g/mol. The first-order chi connectivity index (χ1) is 9.47. The van der Waals surface area contributed by atoms with Gasteiger partial charge in [0.05, 0.1) is 11.3 Å². The van der Waals surface area contributed by atoms with Crippen molar-refractivity contribution in [3.05, 3.63) is 59.3 Å². The predicted octanol–water partition coefficient (Wildman–Crippen LogP) is 1.99. The summed E-state index contributed by atoms with van der Waals surface area (Å²) in [6, 6.07) is 9.81. The summed E-state index contributed by atoms with van der Waals surface area (Å²) in [7, 11) is 0. The van der Waals surface area contributed by atoms with Crippen LogP contribution in [0.25, 0.3) is 6.08 Å². The molecule has 0 fully saturated rings. The molecule has 5 heteroatoms. The third-order valence-electron chi connectivity index (χ3n) is 2.70. The Kier molecular flexibility index (Phi) is 3.61. The molecule has 0 spiro atoms. The van der Waals surface area contributed by atoms with Crippen molar-refractivity contribution in [3.63, 3.8) is 0 Å². The number of hydrogen-bond donors (Lipinski definition) is 4. The molecule has 0 radical (unpaired) electrons. The van der Waals surface area contributed by atoms with Gasteiger partial charge in [0.2, 0.25) is 5.78 Å². The van der Waals surface area contributed by atoms with Crippen LogP contribution in [0.15, 0.2) is 48.2 Å². The summed E-state index contributed by atoms with van der Waals surface area (Å²) in [4.78, 5) is 12.1. The van der Waals surface area contributed by atoms with E-state index in [2.05, 4.69) is 0 Å².